The maximum Gasteiger partial charge on any atom is 0.147 e. The van der Waals surface area contributed by atoms with Gasteiger partial charge >= 0.3 is 0 Å². The molecular formula is C10H19NO3S. The molecule has 0 spiro atoms. The number of hydrogen-bond acceptors (Lipinski definition) is 4. The number of sulfone groups is 1. The fraction of sp³-hybridized carbons (Fsp3) is 0.900. The molecule has 0 radical (unpaired) electrons. The molecule has 15 heavy (non-hydrogen) atoms. The van der Waals surface area contributed by atoms with Gasteiger partial charge in [-0.05, 0) is 31.7 Å². The molecule has 0 aromatic carbocycles. The third-order valence-electron chi connectivity index (χ3n) is 2.42. The molecule has 0 aromatic rings. The lowest BCUT2D eigenvalue weighted by Gasteiger charge is -2.02. The van der Waals surface area contributed by atoms with Gasteiger partial charge in [0.1, 0.15) is 15.6 Å². The molecule has 0 unspecified atom stereocenters. The molecule has 1 N–H and O–H groups in total. The summed E-state index contributed by atoms with van der Waals surface area (Å²) in [5.74, 6) is 0.995. The summed E-state index contributed by atoms with van der Waals surface area (Å²) in [6, 6.07) is 0. The van der Waals surface area contributed by atoms with Crippen molar-refractivity contribution in [2.45, 2.75) is 25.7 Å². The molecule has 0 atom stereocenters. The van der Waals surface area contributed by atoms with E-state index in [1.54, 1.807) is 0 Å². The Kier molecular flexibility index (Phi) is 4.73. The summed E-state index contributed by atoms with van der Waals surface area (Å²) in [5.41, 5.74) is 0. The molecule has 4 nitrogen and oxygen atoms in total. The SMILES string of the molecule is CS(=O)(=O)CCCC(=O)CNCC1CC1. The predicted molar refractivity (Wildman–Crippen MR) is 59.5 cm³/mol. The molecule has 0 aromatic heterocycles. The highest BCUT2D eigenvalue weighted by Gasteiger charge is 2.20. The van der Waals surface area contributed by atoms with Crippen LogP contribution in [0.5, 0.6) is 0 Å². The van der Waals surface area contributed by atoms with Gasteiger partial charge in [-0.1, -0.05) is 0 Å². The van der Waals surface area contributed by atoms with Gasteiger partial charge in [0.05, 0.1) is 12.3 Å². The van der Waals surface area contributed by atoms with Crippen LogP contribution in [0.3, 0.4) is 0 Å². The Morgan fingerprint density at radius 1 is 1.40 bits per heavy atom. The van der Waals surface area contributed by atoms with E-state index in [4.69, 9.17) is 0 Å². The zero-order chi connectivity index (χ0) is 11.3. The van der Waals surface area contributed by atoms with Gasteiger partial charge in [0.2, 0.25) is 0 Å². The average Bonchev–Trinajstić information content (AvgIpc) is 2.85. The quantitative estimate of drug-likeness (QED) is 0.658. The Hall–Kier alpha value is -0.420. The largest absolute Gasteiger partial charge is 0.310 e. The normalized spacial score (nSPS) is 16.6. The van der Waals surface area contributed by atoms with Crippen LogP contribution in [0, 0.1) is 5.92 Å². The maximum absolute atomic E-state index is 11.3. The molecule has 1 fully saturated rings. The molecule has 0 amide bonds. The topological polar surface area (TPSA) is 63.2 Å². The van der Waals surface area contributed by atoms with Crippen molar-refractivity contribution in [2.75, 3.05) is 25.1 Å². The maximum atomic E-state index is 11.3. The molecule has 1 aliphatic rings. The highest BCUT2D eigenvalue weighted by Crippen LogP contribution is 2.27. The number of ketones is 1. The standard InChI is InChI=1S/C10H19NO3S/c1-15(13,14)6-2-3-10(12)8-11-7-9-4-5-9/h9,11H,2-8H2,1H3. The Balaban J connectivity index is 1.97. The van der Waals surface area contributed by atoms with Gasteiger partial charge in [-0.15, -0.1) is 0 Å². The molecule has 1 saturated carbocycles. The van der Waals surface area contributed by atoms with Crippen LogP contribution in [-0.4, -0.2) is 39.3 Å². The lowest BCUT2D eigenvalue weighted by Crippen LogP contribution is -2.25. The lowest BCUT2D eigenvalue weighted by molar-refractivity contribution is -0.118. The molecule has 1 aliphatic carbocycles. The van der Waals surface area contributed by atoms with Gasteiger partial charge in [0.15, 0.2) is 0 Å². The molecular weight excluding hydrogens is 214 g/mol. The predicted octanol–water partition coefficient (Wildman–Crippen LogP) is 0.380. The van der Waals surface area contributed by atoms with Gasteiger partial charge in [0.25, 0.3) is 0 Å². The van der Waals surface area contributed by atoms with E-state index in [0.29, 0.717) is 19.4 Å². The Labute approximate surface area is 91.4 Å². The second kappa shape index (κ2) is 5.61. The van der Waals surface area contributed by atoms with Crippen LogP contribution in [0.2, 0.25) is 0 Å². The van der Waals surface area contributed by atoms with Crippen LogP contribution in [0.4, 0.5) is 0 Å². The minimum Gasteiger partial charge on any atom is -0.310 e. The van der Waals surface area contributed by atoms with E-state index < -0.39 is 9.84 Å². The highest BCUT2D eigenvalue weighted by atomic mass is 32.2. The number of nitrogens with one attached hydrogen (secondary N) is 1. The van der Waals surface area contributed by atoms with Crippen molar-refractivity contribution < 1.29 is 13.2 Å². The summed E-state index contributed by atoms with van der Waals surface area (Å²) >= 11 is 0. The van der Waals surface area contributed by atoms with Crippen LogP contribution in [-0.2, 0) is 14.6 Å². The van der Waals surface area contributed by atoms with Gasteiger partial charge in [-0.3, -0.25) is 4.79 Å². The van der Waals surface area contributed by atoms with Crippen molar-refractivity contribution in [3.05, 3.63) is 0 Å². The zero-order valence-electron chi connectivity index (χ0n) is 9.16. The highest BCUT2D eigenvalue weighted by molar-refractivity contribution is 7.90. The molecule has 5 heteroatoms. The van der Waals surface area contributed by atoms with Crippen molar-refractivity contribution in [1.82, 2.24) is 5.32 Å². The number of carbonyl (C=O) groups excluding carboxylic acids is 1. The molecule has 0 heterocycles. The molecule has 1 rings (SSSR count). The first-order chi connectivity index (χ1) is 6.97. The monoisotopic (exact) mass is 233 g/mol. The summed E-state index contributed by atoms with van der Waals surface area (Å²) in [5, 5.41) is 3.10. The fourth-order valence-corrected chi connectivity index (χ4v) is 2.03. The first-order valence-corrected chi connectivity index (χ1v) is 7.43. The van der Waals surface area contributed by atoms with Gasteiger partial charge < -0.3 is 5.32 Å². The molecule has 0 bridgehead atoms. The van der Waals surface area contributed by atoms with Crippen LogP contribution in [0.15, 0.2) is 0 Å². The van der Waals surface area contributed by atoms with Crippen molar-refractivity contribution >= 4 is 15.6 Å². The average molecular weight is 233 g/mol. The van der Waals surface area contributed by atoms with Gasteiger partial charge in [-0.2, -0.15) is 0 Å². The van der Waals surface area contributed by atoms with Crippen molar-refractivity contribution in [3.8, 4) is 0 Å². The van der Waals surface area contributed by atoms with E-state index in [0.717, 1.165) is 12.5 Å². The first kappa shape index (κ1) is 12.6. The van der Waals surface area contributed by atoms with Crippen molar-refractivity contribution in [2.24, 2.45) is 5.92 Å². The second-order valence-corrected chi connectivity index (χ2v) is 6.61. The third kappa shape index (κ3) is 7.50. The summed E-state index contributed by atoms with van der Waals surface area (Å²) < 4.78 is 21.6. The minimum absolute atomic E-state index is 0.110. The first-order valence-electron chi connectivity index (χ1n) is 5.37. The van der Waals surface area contributed by atoms with Crippen molar-refractivity contribution in [3.63, 3.8) is 0 Å². The minimum atomic E-state index is -2.92. The molecule has 88 valence electrons. The second-order valence-electron chi connectivity index (χ2n) is 4.35. The van der Waals surface area contributed by atoms with Crippen LogP contribution in [0.25, 0.3) is 0 Å². The van der Waals surface area contributed by atoms with Crippen LogP contribution < -0.4 is 5.32 Å². The summed E-state index contributed by atoms with van der Waals surface area (Å²) in [4.78, 5) is 11.3. The van der Waals surface area contributed by atoms with Crippen molar-refractivity contribution in [1.29, 1.82) is 0 Å². The van der Waals surface area contributed by atoms with E-state index in [1.165, 1.54) is 19.1 Å². The van der Waals surface area contributed by atoms with E-state index in [9.17, 15) is 13.2 Å². The Bertz CT molecular complexity index is 307. The number of rotatable bonds is 8. The zero-order valence-corrected chi connectivity index (χ0v) is 9.98. The van der Waals surface area contributed by atoms with E-state index >= 15 is 0 Å². The van der Waals surface area contributed by atoms with E-state index in [2.05, 4.69) is 5.32 Å². The third-order valence-corrected chi connectivity index (χ3v) is 3.45. The lowest BCUT2D eigenvalue weighted by atomic mass is 10.2. The summed E-state index contributed by atoms with van der Waals surface area (Å²) in [6.07, 6.45) is 4.56. The Morgan fingerprint density at radius 2 is 2.07 bits per heavy atom. The van der Waals surface area contributed by atoms with E-state index in [1.807, 2.05) is 0 Å². The number of hydrogen-bond donors (Lipinski definition) is 1. The van der Waals surface area contributed by atoms with Gasteiger partial charge in [-0.25, -0.2) is 8.42 Å². The smallest absolute Gasteiger partial charge is 0.147 e. The number of carbonyl (C=O) groups is 1. The molecule has 0 saturated heterocycles. The van der Waals surface area contributed by atoms with Crippen LogP contribution >= 0.6 is 0 Å². The molecule has 0 aliphatic heterocycles. The van der Waals surface area contributed by atoms with E-state index in [-0.39, 0.29) is 11.5 Å². The Morgan fingerprint density at radius 3 is 2.60 bits per heavy atom. The van der Waals surface area contributed by atoms with Crippen LogP contribution in [0.1, 0.15) is 25.7 Å². The summed E-state index contributed by atoms with van der Waals surface area (Å²) in [6.45, 7) is 1.32. The van der Waals surface area contributed by atoms with Gasteiger partial charge in [0, 0.05) is 12.7 Å². The number of Topliss-reactive ketones (excluding diaryl/α,β-unsaturated/α-hetero) is 1. The fourth-order valence-electron chi connectivity index (χ4n) is 1.36. The summed E-state index contributed by atoms with van der Waals surface area (Å²) in [7, 11) is -2.92.